The molecule has 0 saturated heterocycles. The minimum Gasteiger partial charge on any atom is -0.325 e. The third kappa shape index (κ3) is 4.20. The molecular formula is C19H33N2O2P. The molecule has 0 aromatic heterocycles. The first-order chi connectivity index (χ1) is 11.5. The standard InChI is InChI=1S/C19H33N2O2P/c1-15(2)21(16(3)4)24(22-5)23-18-17-11-8-6-7-9-12-19(17,18)13-10-14-20/h6-7,15-18H,8-13H2,1-5H3/b7-6+. The van der Waals surface area contributed by atoms with E-state index in [4.69, 9.17) is 14.3 Å². The van der Waals surface area contributed by atoms with E-state index in [1.54, 1.807) is 7.11 Å². The van der Waals surface area contributed by atoms with Crippen molar-refractivity contribution in [3.63, 3.8) is 0 Å². The van der Waals surface area contributed by atoms with Gasteiger partial charge in [0.1, 0.15) is 0 Å². The molecule has 1 fully saturated rings. The van der Waals surface area contributed by atoms with Gasteiger partial charge in [0, 0.05) is 31.0 Å². The molecule has 4 nitrogen and oxygen atoms in total. The Labute approximate surface area is 149 Å². The second kappa shape index (κ2) is 8.77. The van der Waals surface area contributed by atoms with Gasteiger partial charge in [-0.15, -0.1) is 0 Å². The smallest absolute Gasteiger partial charge is 0.259 e. The Morgan fingerprint density at radius 2 is 1.92 bits per heavy atom. The van der Waals surface area contributed by atoms with Crippen molar-refractivity contribution < 1.29 is 9.05 Å². The summed E-state index contributed by atoms with van der Waals surface area (Å²) in [5.74, 6) is 0.581. The Bertz CT molecular complexity index is 466. The van der Waals surface area contributed by atoms with E-state index in [0.29, 0.717) is 24.4 Å². The molecular weight excluding hydrogens is 319 g/mol. The van der Waals surface area contributed by atoms with Crippen LogP contribution in [0.15, 0.2) is 12.2 Å². The number of hydrogen-bond acceptors (Lipinski definition) is 4. The van der Waals surface area contributed by atoms with Crippen LogP contribution >= 0.6 is 8.53 Å². The van der Waals surface area contributed by atoms with E-state index in [-0.39, 0.29) is 11.5 Å². The predicted molar refractivity (Wildman–Crippen MR) is 99.3 cm³/mol. The SMILES string of the molecule is COP(OC1C2CC/C=C/CCC21CCC#N)N(C(C)C)C(C)C. The van der Waals surface area contributed by atoms with Gasteiger partial charge in [0.15, 0.2) is 0 Å². The van der Waals surface area contributed by atoms with Gasteiger partial charge in [-0.05, 0) is 65.7 Å². The van der Waals surface area contributed by atoms with Gasteiger partial charge in [0.2, 0.25) is 0 Å². The lowest BCUT2D eigenvalue weighted by Crippen LogP contribution is -2.33. The van der Waals surface area contributed by atoms with Crippen molar-refractivity contribution in [3.05, 3.63) is 12.2 Å². The number of rotatable bonds is 8. The van der Waals surface area contributed by atoms with Crippen molar-refractivity contribution in [2.24, 2.45) is 11.3 Å². The Morgan fingerprint density at radius 3 is 2.50 bits per heavy atom. The van der Waals surface area contributed by atoms with Crippen molar-refractivity contribution in [1.82, 2.24) is 4.67 Å². The van der Waals surface area contributed by atoms with E-state index in [2.05, 4.69) is 50.6 Å². The molecule has 5 heteroatoms. The average molecular weight is 352 g/mol. The number of fused-ring (bicyclic) bond motifs is 1. The molecule has 0 aliphatic heterocycles. The summed E-state index contributed by atoms with van der Waals surface area (Å²) in [7, 11) is 0.713. The summed E-state index contributed by atoms with van der Waals surface area (Å²) in [6.07, 6.45) is 11.0. The van der Waals surface area contributed by atoms with Crippen LogP contribution in [0.4, 0.5) is 0 Å². The molecule has 0 aromatic carbocycles. The minimum absolute atomic E-state index is 0.194. The summed E-state index contributed by atoms with van der Waals surface area (Å²) in [6.45, 7) is 8.79. The summed E-state index contributed by atoms with van der Waals surface area (Å²) in [4.78, 5) is 0. The van der Waals surface area contributed by atoms with Gasteiger partial charge in [-0.25, -0.2) is 4.67 Å². The van der Waals surface area contributed by atoms with E-state index in [9.17, 15) is 0 Å². The minimum atomic E-state index is -1.05. The molecule has 2 aliphatic carbocycles. The fourth-order valence-electron chi connectivity index (χ4n) is 4.35. The van der Waals surface area contributed by atoms with Crippen LogP contribution in [-0.2, 0) is 9.05 Å². The Balaban J connectivity index is 2.12. The Hall–Kier alpha value is -0.460. The summed E-state index contributed by atoms with van der Waals surface area (Å²) in [6, 6.07) is 3.12. The maximum atomic E-state index is 9.07. The fraction of sp³-hybridized carbons (Fsp3) is 0.842. The second-order valence-corrected chi connectivity index (χ2v) is 9.11. The number of allylic oxidation sites excluding steroid dienone is 2. The first kappa shape index (κ1) is 19.9. The summed E-state index contributed by atoms with van der Waals surface area (Å²) in [5, 5.41) is 9.07. The lowest BCUT2D eigenvalue weighted by atomic mass is 9.89. The van der Waals surface area contributed by atoms with Gasteiger partial charge >= 0.3 is 0 Å². The zero-order chi connectivity index (χ0) is 17.7. The average Bonchev–Trinajstić information content (AvgIpc) is 3.07. The van der Waals surface area contributed by atoms with Gasteiger partial charge in [-0.2, -0.15) is 5.26 Å². The van der Waals surface area contributed by atoms with Crippen LogP contribution in [-0.4, -0.2) is 30.0 Å². The molecule has 1 saturated carbocycles. The normalized spacial score (nSPS) is 32.1. The van der Waals surface area contributed by atoms with Crippen molar-refractivity contribution in [3.8, 4) is 6.07 Å². The van der Waals surface area contributed by atoms with Crippen LogP contribution in [0, 0.1) is 22.7 Å². The number of nitrogens with zero attached hydrogens (tertiary/aromatic N) is 2. The largest absolute Gasteiger partial charge is 0.325 e. The number of nitriles is 1. The molecule has 136 valence electrons. The molecule has 0 heterocycles. The molecule has 0 N–H and O–H groups in total. The Kier molecular flexibility index (Phi) is 7.25. The molecule has 4 atom stereocenters. The third-order valence-electron chi connectivity index (χ3n) is 5.46. The zero-order valence-corrected chi connectivity index (χ0v) is 16.8. The van der Waals surface area contributed by atoms with Crippen LogP contribution in [0.2, 0.25) is 0 Å². The fourth-order valence-corrected chi connectivity index (χ4v) is 6.04. The van der Waals surface area contributed by atoms with E-state index in [1.165, 1.54) is 6.42 Å². The third-order valence-corrected chi connectivity index (χ3v) is 7.48. The summed E-state index contributed by atoms with van der Waals surface area (Å²) >= 11 is 0. The highest BCUT2D eigenvalue weighted by Gasteiger charge is 2.64. The summed E-state index contributed by atoms with van der Waals surface area (Å²) < 4.78 is 14.7. The van der Waals surface area contributed by atoms with E-state index in [1.807, 2.05) is 0 Å². The quantitative estimate of drug-likeness (QED) is 0.432. The maximum absolute atomic E-state index is 9.07. The molecule has 2 rings (SSSR count). The topological polar surface area (TPSA) is 45.5 Å². The molecule has 24 heavy (non-hydrogen) atoms. The highest BCUT2D eigenvalue weighted by atomic mass is 31.2. The second-order valence-electron chi connectivity index (χ2n) is 7.60. The van der Waals surface area contributed by atoms with Crippen molar-refractivity contribution in [2.45, 2.75) is 84.4 Å². The van der Waals surface area contributed by atoms with Crippen LogP contribution in [0.3, 0.4) is 0 Å². The van der Waals surface area contributed by atoms with Gasteiger partial charge in [0.25, 0.3) is 8.53 Å². The van der Waals surface area contributed by atoms with Gasteiger partial charge in [-0.3, -0.25) is 0 Å². The Morgan fingerprint density at radius 1 is 1.25 bits per heavy atom. The van der Waals surface area contributed by atoms with Crippen LogP contribution in [0.25, 0.3) is 0 Å². The molecule has 4 unspecified atom stereocenters. The lowest BCUT2D eigenvalue weighted by Gasteiger charge is -2.35. The monoisotopic (exact) mass is 352 g/mol. The molecule has 2 aliphatic rings. The molecule has 0 bridgehead atoms. The van der Waals surface area contributed by atoms with Crippen LogP contribution < -0.4 is 0 Å². The van der Waals surface area contributed by atoms with E-state index in [0.717, 1.165) is 25.7 Å². The molecule has 0 aromatic rings. The molecule has 0 amide bonds. The summed E-state index contributed by atoms with van der Waals surface area (Å²) in [5.41, 5.74) is 0.194. The van der Waals surface area contributed by atoms with Gasteiger partial charge in [-0.1, -0.05) is 12.2 Å². The van der Waals surface area contributed by atoms with Crippen molar-refractivity contribution in [2.75, 3.05) is 7.11 Å². The van der Waals surface area contributed by atoms with Gasteiger partial charge < -0.3 is 9.05 Å². The first-order valence-electron chi connectivity index (χ1n) is 9.29. The van der Waals surface area contributed by atoms with E-state index < -0.39 is 8.53 Å². The van der Waals surface area contributed by atoms with Crippen LogP contribution in [0.5, 0.6) is 0 Å². The highest BCUT2D eigenvalue weighted by Crippen LogP contribution is 2.67. The van der Waals surface area contributed by atoms with Crippen molar-refractivity contribution >= 4 is 8.53 Å². The highest BCUT2D eigenvalue weighted by molar-refractivity contribution is 7.44. The van der Waals surface area contributed by atoms with Gasteiger partial charge in [0.05, 0.1) is 12.2 Å². The predicted octanol–water partition coefficient (Wildman–Crippen LogP) is 5.41. The molecule has 0 spiro atoms. The zero-order valence-electron chi connectivity index (χ0n) is 15.9. The van der Waals surface area contributed by atoms with Crippen molar-refractivity contribution in [1.29, 1.82) is 5.26 Å². The first-order valence-corrected chi connectivity index (χ1v) is 10.4. The number of hydrogen-bond donors (Lipinski definition) is 0. The van der Waals surface area contributed by atoms with Crippen LogP contribution in [0.1, 0.15) is 66.2 Å². The van der Waals surface area contributed by atoms with E-state index >= 15 is 0 Å². The lowest BCUT2D eigenvalue weighted by molar-refractivity contribution is 0.162. The maximum Gasteiger partial charge on any atom is 0.259 e. The molecule has 0 radical (unpaired) electrons.